The average molecular weight is 395 g/mol. The second kappa shape index (κ2) is 7.81. The zero-order valence-electron chi connectivity index (χ0n) is 16.0. The Kier molecular flexibility index (Phi) is 5.66. The highest BCUT2D eigenvalue weighted by Gasteiger charge is 2.32. The minimum absolute atomic E-state index is 0.0233. The van der Waals surface area contributed by atoms with Crippen molar-refractivity contribution in [2.45, 2.75) is 45.2 Å². The number of aryl methyl sites for hydroxylation is 4. The van der Waals surface area contributed by atoms with Gasteiger partial charge in [-0.05, 0) is 26.8 Å². The standard InChI is InChI=1S/C17H26N6O3S/c1-4-21-13-16(15(3)19-21)27(25,26)23-11-9-20(10-12-23)17(24)6-8-22-7-5-14(2)18-22/h5,7,13H,4,6,8-12H2,1-3H3. The van der Waals surface area contributed by atoms with E-state index in [0.29, 0.717) is 51.4 Å². The zero-order chi connectivity index (χ0) is 19.6. The zero-order valence-corrected chi connectivity index (χ0v) is 16.8. The molecular weight excluding hydrogens is 368 g/mol. The molecule has 1 saturated heterocycles. The summed E-state index contributed by atoms with van der Waals surface area (Å²) in [4.78, 5) is 14.4. The van der Waals surface area contributed by atoms with E-state index < -0.39 is 10.0 Å². The third-order valence-electron chi connectivity index (χ3n) is 4.76. The molecule has 0 bridgehead atoms. The van der Waals surface area contributed by atoms with E-state index in [-0.39, 0.29) is 10.8 Å². The van der Waals surface area contributed by atoms with Crippen molar-refractivity contribution in [3.8, 4) is 0 Å². The van der Waals surface area contributed by atoms with Gasteiger partial charge < -0.3 is 4.90 Å². The number of hydrogen-bond donors (Lipinski definition) is 0. The Morgan fingerprint density at radius 1 is 1.11 bits per heavy atom. The first-order valence-corrected chi connectivity index (χ1v) is 10.6. The molecular formula is C17H26N6O3S. The molecule has 1 aliphatic heterocycles. The van der Waals surface area contributed by atoms with Crippen LogP contribution in [0.25, 0.3) is 0 Å². The van der Waals surface area contributed by atoms with Crippen molar-refractivity contribution in [3.05, 3.63) is 29.8 Å². The van der Waals surface area contributed by atoms with Gasteiger partial charge >= 0.3 is 0 Å². The highest BCUT2D eigenvalue weighted by Crippen LogP contribution is 2.20. The van der Waals surface area contributed by atoms with Crippen LogP contribution < -0.4 is 0 Å². The van der Waals surface area contributed by atoms with E-state index in [1.54, 1.807) is 27.4 Å². The fourth-order valence-corrected chi connectivity index (χ4v) is 4.78. The van der Waals surface area contributed by atoms with Gasteiger partial charge in [-0.1, -0.05) is 0 Å². The topological polar surface area (TPSA) is 93.3 Å². The van der Waals surface area contributed by atoms with Crippen LogP contribution in [0.15, 0.2) is 23.4 Å². The van der Waals surface area contributed by atoms with Crippen LogP contribution in [0.4, 0.5) is 0 Å². The maximum absolute atomic E-state index is 12.9. The summed E-state index contributed by atoms with van der Waals surface area (Å²) >= 11 is 0. The van der Waals surface area contributed by atoms with Gasteiger partial charge in [-0.25, -0.2) is 8.42 Å². The molecule has 2 aromatic rings. The van der Waals surface area contributed by atoms with Gasteiger partial charge in [-0.2, -0.15) is 14.5 Å². The monoisotopic (exact) mass is 394 g/mol. The van der Waals surface area contributed by atoms with E-state index in [9.17, 15) is 13.2 Å². The van der Waals surface area contributed by atoms with E-state index in [4.69, 9.17) is 0 Å². The predicted octanol–water partition coefficient (Wildman–Crippen LogP) is 0.640. The molecule has 0 N–H and O–H groups in total. The van der Waals surface area contributed by atoms with Gasteiger partial charge in [-0.3, -0.25) is 14.2 Å². The summed E-state index contributed by atoms with van der Waals surface area (Å²) in [5.41, 5.74) is 1.42. The summed E-state index contributed by atoms with van der Waals surface area (Å²) in [7, 11) is -3.59. The SMILES string of the molecule is CCn1cc(S(=O)(=O)N2CCN(C(=O)CCn3ccc(C)n3)CC2)c(C)n1. The number of rotatable bonds is 6. The first-order chi connectivity index (χ1) is 12.8. The van der Waals surface area contributed by atoms with E-state index >= 15 is 0 Å². The van der Waals surface area contributed by atoms with Gasteiger partial charge in [0.2, 0.25) is 15.9 Å². The molecule has 0 saturated carbocycles. The summed E-state index contributed by atoms with van der Waals surface area (Å²) in [6.07, 6.45) is 3.79. The first-order valence-electron chi connectivity index (χ1n) is 9.13. The lowest BCUT2D eigenvalue weighted by atomic mass is 10.3. The van der Waals surface area contributed by atoms with E-state index in [2.05, 4.69) is 10.2 Å². The Labute approximate surface area is 159 Å². The second-order valence-corrected chi connectivity index (χ2v) is 8.60. The molecule has 9 nitrogen and oxygen atoms in total. The molecule has 2 aromatic heterocycles. The molecule has 1 amide bonds. The van der Waals surface area contributed by atoms with Crippen molar-refractivity contribution < 1.29 is 13.2 Å². The van der Waals surface area contributed by atoms with Crippen molar-refractivity contribution in [3.63, 3.8) is 0 Å². The second-order valence-electron chi connectivity index (χ2n) is 6.69. The number of sulfonamides is 1. The van der Waals surface area contributed by atoms with Crippen molar-refractivity contribution in [2.24, 2.45) is 0 Å². The Balaban J connectivity index is 1.57. The van der Waals surface area contributed by atoms with Crippen molar-refractivity contribution in [1.29, 1.82) is 0 Å². The quantitative estimate of drug-likeness (QED) is 0.717. The molecule has 1 fully saturated rings. The van der Waals surface area contributed by atoms with Crippen LogP contribution >= 0.6 is 0 Å². The molecule has 3 heterocycles. The molecule has 0 unspecified atom stereocenters. The van der Waals surface area contributed by atoms with Gasteiger partial charge in [0, 0.05) is 58.1 Å². The largest absolute Gasteiger partial charge is 0.340 e. The van der Waals surface area contributed by atoms with Crippen molar-refractivity contribution in [2.75, 3.05) is 26.2 Å². The third kappa shape index (κ3) is 4.22. The van der Waals surface area contributed by atoms with Crippen LogP contribution in [0, 0.1) is 13.8 Å². The highest BCUT2D eigenvalue weighted by atomic mass is 32.2. The van der Waals surface area contributed by atoms with Crippen LogP contribution in [0.3, 0.4) is 0 Å². The normalized spacial score (nSPS) is 16.0. The Morgan fingerprint density at radius 2 is 1.81 bits per heavy atom. The van der Waals surface area contributed by atoms with Gasteiger partial charge in [-0.15, -0.1) is 0 Å². The minimum Gasteiger partial charge on any atom is -0.340 e. The number of nitrogens with zero attached hydrogens (tertiary/aromatic N) is 6. The van der Waals surface area contributed by atoms with Gasteiger partial charge in [0.05, 0.1) is 11.4 Å². The van der Waals surface area contributed by atoms with Crippen LogP contribution in [-0.4, -0.2) is 69.3 Å². The summed E-state index contributed by atoms with van der Waals surface area (Å²) < 4.78 is 30.6. The number of aromatic nitrogens is 4. The van der Waals surface area contributed by atoms with E-state index in [1.165, 1.54) is 4.31 Å². The van der Waals surface area contributed by atoms with E-state index in [0.717, 1.165) is 5.69 Å². The Hall–Kier alpha value is -2.20. The smallest absolute Gasteiger partial charge is 0.246 e. The van der Waals surface area contributed by atoms with Gasteiger partial charge in [0.1, 0.15) is 4.90 Å². The number of amides is 1. The summed E-state index contributed by atoms with van der Waals surface area (Å²) in [5, 5.41) is 8.50. The molecule has 0 aromatic carbocycles. The molecule has 10 heteroatoms. The Bertz CT molecular complexity index is 909. The first kappa shape index (κ1) is 19.6. The molecule has 148 valence electrons. The number of piperazine rings is 1. The highest BCUT2D eigenvalue weighted by molar-refractivity contribution is 7.89. The number of carbonyl (C=O) groups is 1. The maximum Gasteiger partial charge on any atom is 0.246 e. The molecule has 0 aliphatic carbocycles. The minimum atomic E-state index is -3.59. The Morgan fingerprint density at radius 3 is 2.37 bits per heavy atom. The number of hydrogen-bond acceptors (Lipinski definition) is 5. The van der Waals surface area contributed by atoms with E-state index in [1.807, 2.05) is 26.1 Å². The lowest BCUT2D eigenvalue weighted by Crippen LogP contribution is -2.50. The third-order valence-corrected chi connectivity index (χ3v) is 6.76. The summed E-state index contributed by atoms with van der Waals surface area (Å²) in [6.45, 7) is 8.07. The number of carbonyl (C=O) groups excluding carboxylic acids is 1. The lowest BCUT2D eigenvalue weighted by Gasteiger charge is -2.34. The van der Waals surface area contributed by atoms with Crippen LogP contribution in [0.2, 0.25) is 0 Å². The lowest BCUT2D eigenvalue weighted by molar-refractivity contribution is -0.132. The molecule has 27 heavy (non-hydrogen) atoms. The average Bonchev–Trinajstić information content (AvgIpc) is 3.25. The van der Waals surface area contributed by atoms with Gasteiger partial charge in [0.25, 0.3) is 0 Å². The summed E-state index contributed by atoms with van der Waals surface area (Å²) in [5.74, 6) is 0.0233. The van der Waals surface area contributed by atoms with Crippen molar-refractivity contribution >= 4 is 15.9 Å². The van der Waals surface area contributed by atoms with Crippen LogP contribution in [-0.2, 0) is 27.9 Å². The molecule has 0 radical (unpaired) electrons. The fourth-order valence-electron chi connectivity index (χ4n) is 3.19. The maximum atomic E-state index is 12.9. The molecule has 0 spiro atoms. The predicted molar refractivity (Wildman–Crippen MR) is 99.6 cm³/mol. The molecule has 3 rings (SSSR count). The molecule has 0 atom stereocenters. The van der Waals surface area contributed by atoms with Crippen molar-refractivity contribution in [1.82, 2.24) is 28.8 Å². The summed E-state index contributed by atoms with van der Waals surface area (Å²) in [6, 6.07) is 1.90. The van der Waals surface area contributed by atoms with Gasteiger partial charge in [0.15, 0.2) is 0 Å². The van der Waals surface area contributed by atoms with Crippen LogP contribution in [0.1, 0.15) is 24.7 Å². The van der Waals surface area contributed by atoms with Crippen LogP contribution in [0.5, 0.6) is 0 Å². The molecule has 1 aliphatic rings. The fraction of sp³-hybridized carbons (Fsp3) is 0.588.